The molecule has 0 spiro atoms. The van der Waals surface area contributed by atoms with Crippen molar-refractivity contribution in [1.29, 1.82) is 0 Å². The molecule has 0 aliphatic carbocycles. The summed E-state index contributed by atoms with van der Waals surface area (Å²) >= 11 is 0. The Balaban J connectivity index is 1.42. The van der Waals surface area contributed by atoms with Crippen LogP contribution in [0.15, 0.2) is 140 Å². The second-order valence-electron chi connectivity index (χ2n) is 8.33. The lowest BCUT2D eigenvalue weighted by atomic mass is 10.0. The zero-order valence-corrected chi connectivity index (χ0v) is 18.6. The van der Waals surface area contributed by atoms with Crippen molar-refractivity contribution in [3.8, 4) is 0 Å². The van der Waals surface area contributed by atoms with Gasteiger partial charge in [-0.1, -0.05) is 103 Å². The fourth-order valence-electron chi connectivity index (χ4n) is 4.21. The van der Waals surface area contributed by atoms with Crippen LogP contribution in [0.2, 0.25) is 0 Å². The first-order valence-corrected chi connectivity index (χ1v) is 11.5. The molecular formula is C32H27N. The molecule has 0 heterocycles. The highest BCUT2D eigenvalue weighted by Gasteiger charge is 2.12. The van der Waals surface area contributed by atoms with E-state index in [0.29, 0.717) is 0 Å². The van der Waals surface area contributed by atoms with Crippen molar-refractivity contribution in [3.05, 3.63) is 162 Å². The van der Waals surface area contributed by atoms with Crippen molar-refractivity contribution in [2.75, 3.05) is 4.90 Å². The maximum absolute atomic E-state index is 2.32. The summed E-state index contributed by atoms with van der Waals surface area (Å²) in [6.45, 7) is 0. The van der Waals surface area contributed by atoms with Gasteiger partial charge in [-0.25, -0.2) is 0 Å². The molecule has 0 saturated heterocycles. The molecule has 0 unspecified atom stereocenters. The van der Waals surface area contributed by atoms with Crippen LogP contribution in [0, 0.1) is 0 Å². The van der Waals surface area contributed by atoms with Gasteiger partial charge in [0.1, 0.15) is 0 Å². The molecule has 33 heavy (non-hydrogen) atoms. The van der Waals surface area contributed by atoms with Gasteiger partial charge in [0, 0.05) is 17.1 Å². The number of nitrogens with zero attached hydrogens (tertiary/aromatic N) is 1. The average molecular weight is 426 g/mol. The van der Waals surface area contributed by atoms with Gasteiger partial charge in [-0.3, -0.25) is 0 Å². The average Bonchev–Trinajstić information content (AvgIpc) is 2.88. The van der Waals surface area contributed by atoms with Crippen LogP contribution in [-0.2, 0) is 12.8 Å². The van der Waals surface area contributed by atoms with Crippen LogP contribution >= 0.6 is 0 Å². The van der Waals surface area contributed by atoms with Crippen LogP contribution < -0.4 is 4.90 Å². The number of anilines is 3. The second kappa shape index (κ2) is 10.0. The Morgan fingerprint density at radius 1 is 0.303 bits per heavy atom. The highest BCUT2D eigenvalue weighted by molar-refractivity contribution is 5.76. The minimum Gasteiger partial charge on any atom is -0.311 e. The normalized spacial score (nSPS) is 10.7. The minimum atomic E-state index is 0.945. The third kappa shape index (κ3) is 5.22. The Hall–Kier alpha value is -4.10. The summed E-state index contributed by atoms with van der Waals surface area (Å²) in [5.41, 5.74) is 8.78. The lowest BCUT2D eigenvalue weighted by Crippen LogP contribution is -2.10. The summed E-state index contributed by atoms with van der Waals surface area (Å²) in [6, 6.07) is 49.7. The third-order valence-corrected chi connectivity index (χ3v) is 5.91. The van der Waals surface area contributed by atoms with Gasteiger partial charge >= 0.3 is 0 Å². The summed E-state index contributed by atoms with van der Waals surface area (Å²) < 4.78 is 0. The summed E-state index contributed by atoms with van der Waals surface area (Å²) in [4.78, 5) is 2.32. The predicted molar refractivity (Wildman–Crippen MR) is 140 cm³/mol. The smallest absolute Gasteiger partial charge is 0.0461 e. The largest absolute Gasteiger partial charge is 0.311 e. The van der Waals surface area contributed by atoms with E-state index in [4.69, 9.17) is 0 Å². The molecular weight excluding hydrogens is 398 g/mol. The first-order chi connectivity index (χ1) is 16.3. The van der Waals surface area contributed by atoms with E-state index in [-0.39, 0.29) is 0 Å². The highest BCUT2D eigenvalue weighted by Crippen LogP contribution is 2.34. The van der Waals surface area contributed by atoms with Gasteiger partial charge in [0.25, 0.3) is 0 Å². The predicted octanol–water partition coefficient (Wildman–Crippen LogP) is 8.34. The quantitative estimate of drug-likeness (QED) is 0.253. The van der Waals surface area contributed by atoms with Gasteiger partial charge in [-0.15, -0.1) is 0 Å². The lowest BCUT2D eigenvalue weighted by molar-refractivity contribution is 1.17. The maximum atomic E-state index is 2.32. The lowest BCUT2D eigenvalue weighted by Gasteiger charge is -2.26. The van der Waals surface area contributed by atoms with E-state index in [1.807, 2.05) is 0 Å². The van der Waals surface area contributed by atoms with E-state index in [1.54, 1.807) is 0 Å². The molecule has 0 bridgehead atoms. The van der Waals surface area contributed by atoms with E-state index in [0.717, 1.165) is 29.9 Å². The standard InChI is InChI=1S/C32H27N/c1-4-10-26(11-5-1)24-28-16-20-31(21-17-28)33(30-14-8-3-9-15-30)32-22-18-29(19-23-32)25-27-12-6-2-7-13-27/h1-23H,24-25H2. The van der Waals surface area contributed by atoms with Crippen LogP contribution in [0.1, 0.15) is 22.3 Å². The van der Waals surface area contributed by atoms with Crippen molar-refractivity contribution in [1.82, 2.24) is 0 Å². The van der Waals surface area contributed by atoms with Crippen molar-refractivity contribution in [2.45, 2.75) is 12.8 Å². The molecule has 5 aromatic rings. The van der Waals surface area contributed by atoms with Crippen LogP contribution in [0.25, 0.3) is 0 Å². The zero-order valence-electron chi connectivity index (χ0n) is 18.6. The van der Waals surface area contributed by atoms with Gasteiger partial charge in [0.15, 0.2) is 0 Å². The first kappa shape index (κ1) is 20.8. The van der Waals surface area contributed by atoms with Crippen LogP contribution in [0.4, 0.5) is 17.1 Å². The van der Waals surface area contributed by atoms with E-state index in [2.05, 4.69) is 144 Å². The second-order valence-corrected chi connectivity index (χ2v) is 8.33. The van der Waals surface area contributed by atoms with Crippen molar-refractivity contribution >= 4 is 17.1 Å². The molecule has 0 fully saturated rings. The Labute approximate surface area is 196 Å². The third-order valence-electron chi connectivity index (χ3n) is 5.91. The zero-order chi connectivity index (χ0) is 22.3. The minimum absolute atomic E-state index is 0.945. The van der Waals surface area contributed by atoms with Crippen molar-refractivity contribution in [2.24, 2.45) is 0 Å². The number of hydrogen-bond acceptors (Lipinski definition) is 1. The molecule has 1 nitrogen and oxygen atoms in total. The fraction of sp³-hybridized carbons (Fsp3) is 0.0625. The van der Waals surface area contributed by atoms with Gasteiger partial charge in [0.2, 0.25) is 0 Å². The molecule has 0 atom stereocenters. The SMILES string of the molecule is c1ccc(Cc2ccc(N(c3ccccc3)c3ccc(Cc4ccccc4)cc3)cc2)cc1. The van der Waals surface area contributed by atoms with E-state index < -0.39 is 0 Å². The molecule has 160 valence electrons. The van der Waals surface area contributed by atoms with Gasteiger partial charge in [-0.05, 0) is 71.5 Å². The van der Waals surface area contributed by atoms with Crippen LogP contribution in [-0.4, -0.2) is 0 Å². The molecule has 0 aliphatic heterocycles. The molecule has 0 aliphatic rings. The first-order valence-electron chi connectivity index (χ1n) is 11.5. The highest BCUT2D eigenvalue weighted by atomic mass is 15.1. The molecule has 0 aromatic heterocycles. The van der Waals surface area contributed by atoms with E-state index in [9.17, 15) is 0 Å². The number of para-hydroxylation sites is 1. The molecule has 5 rings (SSSR count). The Kier molecular flexibility index (Phi) is 6.31. The molecule has 0 radical (unpaired) electrons. The summed E-state index contributed by atoms with van der Waals surface area (Å²) in [5, 5.41) is 0. The monoisotopic (exact) mass is 425 g/mol. The Morgan fingerprint density at radius 2 is 0.606 bits per heavy atom. The topological polar surface area (TPSA) is 3.24 Å². The summed E-state index contributed by atoms with van der Waals surface area (Å²) in [6.07, 6.45) is 1.89. The fourth-order valence-corrected chi connectivity index (χ4v) is 4.21. The Morgan fingerprint density at radius 3 is 1.00 bits per heavy atom. The van der Waals surface area contributed by atoms with Crippen molar-refractivity contribution < 1.29 is 0 Å². The molecule has 0 saturated carbocycles. The van der Waals surface area contributed by atoms with Crippen LogP contribution in [0.3, 0.4) is 0 Å². The van der Waals surface area contributed by atoms with Gasteiger partial charge in [0.05, 0.1) is 0 Å². The van der Waals surface area contributed by atoms with E-state index >= 15 is 0 Å². The maximum Gasteiger partial charge on any atom is 0.0461 e. The van der Waals surface area contributed by atoms with Crippen LogP contribution in [0.5, 0.6) is 0 Å². The molecule has 0 amide bonds. The van der Waals surface area contributed by atoms with Gasteiger partial charge in [-0.2, -0.15) is 0 Å². The number of rotatable bonds is 7. The number of hydrogen-bond donors (Lipinski definition) is 0. The molecule has 1 heteroatoms. The number of benzene rings is 5. The molecule has 5 aromatic carbocycles. The summed E-state index contributed by atoms with van der Waals surface area (Å²) in [5.74, 6) is 0. The molecule has 0 N–H and O–H groups in total. The van der Waals surface area contributed by atoms with Gasteiger partial charge < -0.3 is 4.90 Å². The van der Waals surface area contributed by atoms with E-state index in [1.165, 1.54) is 22.3 Å². The van der Waals surface area contributed by atoms with Crippen molar-refractivity contribution in [3.63, 3.8) is 0 Å². The Bertz CT molecular complexity index is 1170. The summed E-state index contributed by atoms with van der Waals surface area (Å²) in [7, 11) is 0.